The minimum absolute atomic E-state index is 0.148. The molecule has 0 fully saturated rings. The number of nitrogens with zero attached hydrogens (tertiary/aromatic N) is 1. The van der Waals surface area contributed by atoms with Gasteiger partial charge in [0.1, 0.15) is 5.75 Å². The van der Waals surface area contributed by atoms with Gasteiger partial charge in [-0.3, -0.25) is 10.1 Å². The number of carbonyl (C=O) groups excluding carboxylic acids is 1. The van der Waals surface area contributed by atoms with Gasteiger partial charge in [-0.1, -0.05) is 12.1 Å². The van der Waals surface area contributed by atoms with Gasteiger partial charge in [-0.2, -0.15) is 0 Å². The highest BCUT2D eigenvalue weighted by Gasteiger charge is 2.40. The standard InChI is InChI=1S/C11H13N3O2/c1-11(9(15)13-10(12)14-11)7-4-3-5-8(6-7)16-2/h3-6H,1-2H3,(H3,12,13,14,15). The average molecular weight is 219 g/mol. The van der Waals surface area contributed by atoms with Crippen molar-refractivity contribution in [2.75, 3.05) is 7.11 Å². The molecule has 0 saturated heterocycles. The lowest BCUT2D eigenvalue weighted by atomic mass is 9.92. The molecule has 0 radical (unpaired) electrons. The van der Waals surface area contributed by atoms with Crippen LogP contribution in [-0.2, 0) is 10.3 Å². The van der Waals surface area contributed by atoms with Crippen LogP contribution in [0.4, 0.5) is 0 Å². The number of ether oxygens (including phenoxy) is 1. The molecular formula is C11H13N3O2. The summed E-state index contributed by atoms with van der Waals surface area (Å²) in [6.07, 6.45) is 0. The molecule has 84 valence electrons. The number of aliphatic imine (C=N–C) groups is 1. The van der Waals surface area contributed by atoms with Gasteiger partial charge in [-0.25, -0.2) is 4.99 Å². The highest BCUT2D eigenvalue weighted by atomic mass is 16.5. The van der Waals surface area contributed by atoms with E-state index in [4.69, 9.17) is 10.5 Å². The van der Waals surface area contributed by atoms with Crippen LogP contribution in [-0.4, -0.2) is 19.0 Å². The lowest BCUT2D eigenvalue weighted by Crippen LogP contribution is -2.37. The van der Waals surface area contributed by atoms with E-state index in [1.54, 1.807) is 20.1 Å². The molecule has 1 aliphatic heterocycles. The summed E-state index contributed by atoms with van der Waals surface area (Å²) in [6, 6.07) is 7.23. The fourth-order valence-corrected chi connectivity index (χ4v) is 1.68. The maximum absolute atomic E-state index is 11.8. The number of carbonyl (C=O) groups is 1. The molecule has 0 saturated carbocycles. The van der Waals surface area contributed by atoms with Gasteiger partial charge in [0, 0.05) is 0 Å². The van der Waals surface area contributed by atoms with Crippen LogP contribution in [0.2, 0.25) is 0 Å². The van der Waals surface area contributed by atoms with Gasteiger partial charge in [0.25, 0.3) is 5.91 Å². The summed E-state index contributed by atoms with van der Waals surface area (Å²) >= 11 is 0. The van der Waals surface area contributed by atoms with Crippen molar-refractivity contribution in [2.24, 2.45) is 10.7 Å². The van der Waals surface area contributed by atoms with Crippen molar-refractivity contribution in [1.82, 2.24) is 5.32 Å². The van der Waals surface area contributed by atoms with E-state index in [1.807, 2.05) is 18.2 Å². The smallest absolute Gasteiger partial charge is 0.259 e. The van der Waals surface area contributed by atoms with Crippen molar-refractivity contribution < 1.29 is 9.53 Å². The van der Waals surface area contributed by atoms with Crippen LogP contribution in [0.15, 0.2) is 29.3 Å². The SMILES string of the molecule is COc1cccc(C2(C)N=C(N)NC2=O)c1. The highest BCUT2D eigenvalue weighted by Crippen LogP contribution is 2.30. The van der Waals surface area contributed by atoms with Crippen molar-refractivity contribution in [3.05, 3.63) is 29.8 Å². The van der Waals surface area contributed by atoms with E-state index in [0.29, 0.717) is 5.75 Å². The van der Waals surface area contributed by atoms with E-state index < -0.39 is 5.54 Å². The number of nitrogens with two attached hydrogens (primary N) is 1. The maximum Gasteiger partial charge on any atom is 0.259 e. The molecule has 1 aromatic rings. The molecule has 16 heavy (non-hydrogen) atoms. The molecule has 5 heteroatoms. The van der Waals surface area contributed by atoms with Gasteiger partial charge >= 0.3 is 0 Å². The van der Waals surface area contributed by atoms with E-state index in [9.17, 15) is 4.79 Å². The third-order valence-corrected chi connectivity index (χ3v) is 2.66. The minimum Gasteiger partial charge on any atom is -0.497 e. The number of nitrogens with one attached hydrogen (secondary N) is 1. The fraction of sp³-hybridized carbons (Fsp3) is 0.273. The molecule has 1 amide bonds. The zero-order chi connectivity index (χ0) is 11.8. The molecule has 0 aromatic heterocycles. The summed E-state index contributed by atoms with van der Waals surface area (Å²) in [5.41, 5.74) is 5.29. The first kappa shape index (κ1) is 10.5. The summed E-state index contributed by atoms with van der Waals surface area (Å²) in [7, 11) is 1.58. The van der Waals surface area contributed by atoms with E-state index in [2.05, 4.69) is 10.3 Å². The number of methoxy groups -OCH3 is 1. The molecule has 1 unspecified atom stereocenters. The molecule has 1 heterocycles. The number of benzene rings is 1. The first-order valence-corrected chi connectivity index (χ1v) is 4.87. The quantitative estimate of drug-likeness (QED) is 0.753. The van der Waals surface area contributed by atoms with Crippen LogP contribution in [0.3, 0.4) is 0 Å². The summed E-state index contributed by atoms with van der Waals surface area (Å²) < 4.78 is 5.11. The van der Waals surface area contributed by atoms with Crippen molar-refractivity contribution in [3.8, 4) is 5.75 Å². The second-order valence-corrected chi connectivity index (χ2v) is 3.76. The van der Waals surface area contributed by atoms with Crippen LogP contribution >= 0.6 is 0 Å². The Hall–Kier alpha value is -2.04. The van der Waals surface area contributed by atoms with Crippen molar-refractivity contribution >= 4 is 11.9 Å². The molecule has 1 aromatic carbocycles. The summed E-state index contributed by atoms with van der Waals surface area (Å²) in [6.45, 7) is 1.72. The third-order valence-electron chi connectivity index (χ3n) is 2.66. The largest absolute Gasteiger partial charge is 0.497 e. The number of hydrogen-bond acceptors (Lipinski definition) is 4. The van der Waals surface area contributed by atoms with E-state index >= 15 is 0 Å². The first-order valence-electron chi connectivity index (χ1n) is 4.87. The van der Waals surface area contributed by atoms with Crippen LogP contribution in [0.25, 0.3) is 0 Å². The lowest BCUT2D eigenvalue weighted by Gasteiger charge is -2.18. The number of guanidine groups is 1. The third kappa shape index (κ3) is 1.50. The molecule has 2 rings (SSSR count). The van der Waals surface area contributed by atoms with Gasteiger partial charge in [0.05, 0.1) is 7.11 Å². The molecule has 3 N–H and O–H groups in total. The predicted molar refractivity (Wildman–Crippen MR) is 60.1 cm³/mol. The molecule has 5 nitrogen and oxygen atoms in total. The Morgan fingerprint density at radius 1 is 1.50 bits per heavy atom. The van der Waals surface area contributed by atoms with Gasteiger partial charge in [-0.15, -0.1) is 0 Å². The number of amides is 1. The fourth-order valence-electron chi connectivity index (χ4n) is 1.68. The van der Waals surface area contributed by atoms with Crippen LogP contribution in [0.1, 0.15) is 12.5 Å². The molecule has 0 spiro atoms. The Morgan fingerprint density at radius 2 is 2.25 bits per heavy atom. The zero-order valence-corrected chi connectivity index (χ0v) is 9.15. The highest BCUT2D eigenvalue weighted by molar-refractivity contribution is 6.06. The normalized spacial score (nSPS) is 23.9. The van der Waals surface area contributed by atoms with Crippen molar-refractivity contribution in [1.29, 1.82) is 0 Å². The summed E-state index contributed by atoms with van der Waals surface area (Å²) in [5.74, 6) is 0.612. The second-order valence-electron chi connectivity index (χ2n) is 3.76. The Labute approximate surface area is 93.3 Å². The number of rotatable bonds is 2. The van der Waals surface area contributed by atoms with Gasteiger partial charge in [0.2, 0.25) is 0 Å². The lowest BCUT2D eigenvalue weighted by molar-refractivity contribution is -0.123. The van der Waals surface area contributed by atoms with Crippen LogP contribution in [0, 0.1) is 0 Å². The molecular weight excluding hydrogens is 206 g/mol. The molecule has 0 aliphatic carbocycles. The average Bonchev–Trinajstić information content (AvgIpc) is 2.54. The first-order chi connectivity index (χ1) is 7.56. The van der Waals surface area contributed by atoms with Crippen molar-refractivity contribution in [3.63, 3.8) is 0 Å². The van der Waals surface area contributed by atoms with E-state index in [0.717, 1.165) is 5.56 Å². The molecule has 1 aliphatic rings. The Kier molecular flexibility index (Phi) is 2.30. The van der Waals surface area contributed by atoms with E-state index in [-0.39, 0.29) is 11.9 Å². The topological polar surface area (TPSA) is 76.7 Å². The van der Waals surface area contributed by atoms with Crippen molar-refractivity contribution in [2.45, 2.75) is 12.5 Å². The summed E-state index contributed by atoms with van der Waals surface area (Å²) in [4.78, 5) is 15.9. The maximum atomic E-state index is 11.8. The Balaban J connectivity index is 2.47. The number of hydrogen-bond donors (Lipinski definition) is 2. The zero-order valence-electron chi connectivity index (χ0n) is 9.15. The molecule has 0 bridgehead atoms. The van der Waals surface area contributed by atoms with Crippen LogP contribution in [0.5, 0.6) is 5.75 Å². The second kappa shape index (κ2) is 3.52. The minimum atomic E-state index is -0.960. The van der Waals surface area contributed by atoms with Gasteiger partial charge in [-0.05, 0) is 24.6 Å². The van der Waals surface area contributed by atoms with E-state index in [1.165, 1.54) is 0 Å². The predicted octanol–water partition coefficient (Wildman–Crippen LogP) is 0.355. The summed E-state index contributed by atoms with van der Waals surface area (Å²) in [5, 5.41) is 2.49. The van der Waals surface area contributed by atoms with Crippen LogP contribution < -0.4 is 15.8 Å². The Bertz CT molecular complexity index is 470. The molecule has 1 atom stereocenters. The monoisotopic (exact) mass is 219 g/mol. The van der Waals surface area contributed by atoms with Gasteiger partial charge in [0.15, 0.2) is 11.5 Å². The van der Waals surface area contributed by atoms with Gasteiger partial charge < -0.3 is 10.5 Å². The Morgan fingerprint density at radius 3 is 2.81 bits per heavy atom.